The van der Waals surface area contributed by atoms with E-state index in [-0.39, 0.29) is 0 Å². The van der Waals surface area contributed by atoms with Crippen molar-refractivity contribution in [3.8, 4) is 0 Å². The van der Waals surface area contributed by atoms with Crippen LogP contribution < -0.4 is 5.73 Å². The van der Waals surface area contributed by atoms with E-state index < -0.39 is 0 Å². The Morgan fingerprint density at radius 2 is 1.61 bits per heavy atom. The van der Waals surface area contributed by atoms with Gasteiger partial charge in [0, 0.05) is 17.2 Å². The van der Waals surface area contributed by atoms with Crippen molar-refractivity contribution < 1.29 is 4.79 Å². The zero-order chi connectivity index (χ0) is 26.9. The van der Waals surface area contributed by atoms with Crippen LogP contribution in [0.3, 0.4) is 0 Å². The van der Waals surface area contributed by atoms with E-state index in [9.17, 15) is 4.79 Å². The SMILES string of the molecule is C=Cc1cc(C=O)ccc1N=C.CN.CN1CCC(N2CCCCC2)CC1.Cc1ccc(Cl)c(Cl)c1. The molecule has 5 nitrogen and oxygen atoms in total. The number of hydrogen-bond donors (Lipinski definition) is 1. The van der Waals surface area contributed by atoms with Crippen molar-refractivity contribution in [2.45, 2.75) is 45.1 Å². The number of rotatable bonds is 4. The minimum absolute atomic E-state index is 0.613. The van der Waals surface area contributed by atoms with Gasteiger partial charge in [-0.3, -0.25) is 9.79 Å². The average molecular weight is 534 g/mol. The van der Waals surface area contributed by atoms with Crippen LogP contribution in [0.1, 0.15) is 53.6 Å². The van der Waals surface area contributed by atoms with E-state index in [0.717, 1.165) is 29.1 Å². The number of benzene rings is 2. The fraction of sp³-hybridized carbons (Fsp3) is 0.448. The summed E-state index contributed by atoms with van der Waals surface area (Å²) in [5, 5.41) is 1.24. The van der Waals surface area contributed by atoms with Crippen molar-refractivity contribution in [3.05, 3.63) is 69.7 Å². The molecule has 2 N–H and O–H groups in total. The number of halogens is 2. The van der Waals surface area contributed by atoms with Crippen LogP contribution in [-0.4, -0.2) is 69.1 Å². The molecule has 0 unspecified atom stereocenters. The topological polar surface area (TPSA) is 61.9 Å². The molecule has 2 fully saturated rings. The Kier molecular flexibility index (Phi) is 16.2. The predicted molar refractivity (Wildman–Crippen MR) is 158 cm³/mol. The van der Waals surface area contributed by atoms with Gasteiger partial charge in [0.05, 0.1) is 15.7 Å². The van der Waals surface area contributed by atoms with Gasteiger partial charge < -0.3 is 15.5 Å². The van der Waals surface area contributed by atoms with Crippen LogP contribution in [0, 0.1) is 6.92 Å². The molecule has 0 saturated carbocycles. The summed E-state index contributed by atoms with van der Waals surface area (Å²) in [6, 6.07) is 11.6. The smallest absolute Gasteiger partial charge is 0.150 e. The second-order valence-electron chi connectivity index (χ2n) is 8.85. The second kappa shape index (κ2) is 18.3. The summed E-state index contributed by atoms with van der Waals surface area (Å²) in [6.07, 6.45) is 9.58. The number of hydrogen-bond acceptors (Lipinski definition) is 5. The van der Waals surface area contributed by atoms with Crippen molar-refractivity contribution in [3.63, 3.8) is 0 Å². The maximum atomic E-state index is 10.4. The van der Waals surface area contributed by atoms with E-state index >= 15 is 0 Å². The summed E-state index contributed by atoms with van der Waals surface area (Å²) in [5.41, 5.74) is 7.83. The molecule has 2 aliphatic rings. The molecule has 2 aliphatic heterocycles. The van der Waals surface area contributed by atoms with Gasteiger partial charge in [-0.15, -0.1) is 0 Å². The molecule has 2 aromatic rings. The Bertz CT molecular complexity index is 937. The van der Waals surface area contributed by atoms with Gasteiger partial charge in [0.2, 0.25) is 0 Å². The highest BCUT2D eigenvalue weighted by molar-refractivity contribution is 6.42. The Balaban J connectivity index is 0.000000265. The van der Waals surface area contributed by atoms with Gasteiger partial charge >= 0.3 is 0 Å². The lowest BCUT2D eigenvalue weighted by Gasteiger charge is -2.39. The van der Waals surface area contributed by atoms with Gasteiger partial charge in [-0.2, -0.15) is 0 Å². The highest BCUT2D eigenvalue weighted by Gasteiger charge is 2.23. The first-order chi connectivity index (χ1) is 17.4. The molecule has 2 saturated heterocycles. The van der Waals surface area contributed by atoms with E-state index in [1.54, 1.807) is 30.3 Å². The quantitative estimate of drug-likeness (QED) is 0.342. The van der Waals surface area contributed by atoms with Gasteiger partial charge in [0.25, 0.3) is 0 Å². The summed E-state index contributed by atoms with van der Waals surface area (Å²) < 4.78 is 0. The summed E-state index contributed by atoms with van der Waals surface area (Å²) in [5.74, 6) is 0. The number of aliphatic imine (C=N–C) groups is 1. The van der Waals surface area contributed by atoms with E-state index in [4.69, 9.17) is 23.2 Å². The maximum absolute atomic E-state index is 10.4. The average Bonchev–Trinajstić information content (AvgIpc) is 2.93. The monoisotopic (exact) mass is 532 g/mol. The first-order valence-electron chi connectivity index (χ1n) is 12.5. The highest BCUT2D eigenvalue weighted by Crippen LogP contribution is 2.22. The molecule has 36 heavy (non-hydrogen) atoms. The summed E-state index contributed by atoms with van der Waals surface area (Å²) in [4.78, 5) is 19.4. The Hall–Kier alpha value is -2.02. The molecule has 0 aromatic heterocycles. The van der Waals surface area contributed by atoms with Gasteiger partial charge in [-0.25, -0.2) is 0 Å². The summed E-state index contributed by atoms with van der Waals surface area (Å²) in [6.45, 7) is 14.3. The van der Waals surface area contributed by atoms with Gasteiger partial charge in [-0.05, 0) is 115 Å². The molecule has 7 heteroatoms. The number of piperidine rings is 2. The first-order valence-corrected chi connectivity index (χ1v) is 13.2. The standard InChI is InChI=1S/C11H22N2.C10H9NO.C7H6Cl2.CH5N/c1-12-9-5-11(6-10-12)13-7-3-2-4-8-13;1-3-9-6-8(7-12)4-5-10(9)11-2;1-5-2-3-6(8)7(9)4-5;1-2/h11H,2-10H2,1H3;3-7H,1-2H2;2-4H,1H3;2H2,1H3. The Labute approximate surface area is 228 Å². The number of carbonyl (C=O) groups excluding carboxylic acids is 1. The van der Waals surface area contributed by atoms with Crippen LogP contribution in [0.5, 0.6) is 0 Å². The number of carbonyl (C=O) groups is 1. The van der Waals surface area contributed by atoms with E-state index in [1.807, 2.05) is 19.1 Å². The minimum atomic E-state index is 0.613. The molecule has 2 heterocycles. The molecular formula is C29H42Cl2N4O. The molecule has 0 bridgehead atoms. The van der Waals surface area contributed by atoms with Crippen molar-refractivity contribution >= 4 is 48.0 Å². The molecule has 0 radical (unpaired) electrons. The molecule has 0 atom stereocenters. The molecule has 0 amide bonds. The van der Waals surface area contributed by atoms with Crippen molar-refractivity contribution in [2.24, 2.45) is 10.7 Å². The summed E-state index contributed by atoms with van der Waals surface area (Å²) >= 11 is 11.3. The fourth-order valence-corrected chi connectivity index (χ4v) is 4.55. The van der Waals surface area contributed by atoms with Crippen LogP contribution in [0.2, 0.25) is 10.0 Å². The third-order valence-electron chi connectivity index (χ3n) is 6.25. The van der Waals surface area contributed by atoms with Crippen molar-refractivity contribution in [1.29, 1.82) is 0 Å². The predicted octanol–water partition coefficient (Wildman–Crippen LogP) is 6.92. The molecule has 0 spiro atoms. The summed E-state index contributed by atoms with van der Waals surface area (Å²) in [7, 11) is 3.74. The van der Waals surface area contributed by atoms with Crippen LogP contribution in [0.15, 0.2) is 48.0 Å². The number of nitrogens with two attached hydrogens (primary N) is 1. The highest BCUT2D eigenvalue weighted by atomic mass is 35.5. The molecule has 2 aromatic carbocycles. The Morgan fingerprint density at radius 1 is 0.972 bits per heavy atom. The Morgan fingerprint density at radius 3 is 2.11 bits per heavy atom. The van der Waals surface area contributed by atoms with Gasteiger partial charge in [0.15, 0.2) is 0 Å². The number of aryl methyl sites for hydroxylation is 1. The second-order valence-corrected chi connectivity index (χ2v) is 9.66. The number of nitrogens with zero attached hydrogens (tertiary/aromatic N) is 3. The van der Waals surface area contributed by atoms with Gasteiger partial charge in [0.1, 0.15) is 6.29 Å². The van der Waals surface area contributed by atoms with E-state index in [2.05, 4.69) is 40.9 Å². The van der Waals surface area contributed by atoms with Crippen LogP contribution >= 0.6 is 23.2 Å². The van der Waals surface area contributed by atoms with E-state index in [1.165, 1.54) is 65.3 Å². The van der Waals surface area contributed by atoms with Crippen molar-refractivity contribution in [2.75, 3.05) is 40.3 Å². The third-order valence-corrected chi connectivity index (χ3v) is 6.99. The van der Waals surface area contributed by atoms with Gasteiger partial charge in [-0.1, -0.05) is 48.3 Å². The first kappa shape index (κ1) is 32.0. The third kappa shape index (κ3) is 11.4. The van der Waals surface area contributed by atoms with Crippen molar-refractivity contribution in [1.82, 2.24) is 9.80 Å². The largest absolute Gasteiger partial charge is 0.333 e. The van der Waals surface area contributed by atoms with Crippen LogP contribution in [0.25, 0.3) is 6.08 Å². The molecule has 4 rings (SSSR count). The zero-order valence-electron chi connectivity index (χ0n) is 22.1. The normalized spacial score (nSPS) is 16.2. The van der Waals surface area contributed by atoms with E-state index in [0.29, 0.717) is 15.6 Å². The fourth-order valence-electron chi connectivity index (χ4n) is 4.20. The lowest BCUT2D eigenvalue weighted by atomic mass is 10.0. The van der Waals surface area contributed by atoms with Crippen LogP contribution in [-0.2, 0) is 0 Å². The lowest BCUT2D eigenvalue weighted by Crippen LogP contribution is -2.45. The molecular weight excluding hydrogens is 491 g/mol. The number of aldehydes is 1. The minimum Gasteiger partial charge on any atom is -0.333 e. The lowest BCUT2D eigenvalue weighted by molar-refractivity contribution is 0.103. The molecule has 198 valence electrons. The molecule has 0 aliphatic carbocycles. The number of likely N-dealkylation sites (tertiary alicyclic amines) is 2. The van der Waals surface area contributed by atoms with Crippen LogP contribution in [0.4, 0.5) is 5.69 Å². The zero-order valence-corrected chi connectivity index (χ0v) is 23.6. The maximum Gasteiger partial charge on any atom is 0.150 e.